The zero-order valence-corrected chi connectivity index (χ0v) is 16.5. The van der Waals surface area contributed by atoms with Crippen LogP contribution in [-0.2, 0) is 11.3 Å². The van der Waals surface area contributed by atoms with Crippen molar-refractivity contribution in [1.82, 2.24) is 10.3 Å². The molecular formula is C22H26N3OS+. The Bertz CT molecular complexity index is 895. The van der Waals surface area contributed by atoms with Crippen molar-refractivity contribution in [3.8, 4) is 0 Å². The van der Waals surface area contributed by atoms with E-state index < -0.39 is 0 Å². The molecule has 0 spiro atoms. The van der Waals surface area contributed by atoms with Crippen LogP contribution in [0.3, 0.4) is 0 Å². The molecule has 0 saturated carbocycles. The molecule has 2 aromatic carbocycles. The Morgan fingerprint density at radius 1 is 1.15 bits per heavy atom. The normalized spacial score (nSPS) is 19.9. The summed E-state index contributed by atoms with van der Waals surface area (Å²) in [5.41, 5.74) is 3.53. The van der Waals surface area contributed by atoms with Crippen molar-refractivity contribution in [3.63, 3.8) is 0 Å². The molecule has 4 rings (SSSR count). The summed E-state index contributed by atoms with van der Waals surface area (Å²) in [7, 11) is 0. The number of amides is 1. The van der Waals surface area contributed by atoms with E-state index in [9.17, 15) is 4.79 Å². The average Bonchev–Trinajstić information content (AvgIpc) is 3.12. The molecule has 1 aliphatic rings. The highest BCUT2D eigenvalue weighted by atomic mass is 32.1. The Labute approximate surface area is 164 Å². The number of nitrogens with one attached hydrogen (secondary N) is 2. The first-order valence-electron chi connectivity index (χ1n) is 9.69. The van der Waals surface area contributed by atoms with Crippen molar-refractivity contribution in [2.24, 2.45) is 0 Å². The van der Waals surface area contributed by atoms with Crippen molar-refractivity contribution >= 4 is 27.5 Å². The van der Waals surface area contributed by atoms with E-state index in [1.165, 1.54) is 25.7 Å². The summed E-state index contributed by atoms with van der Waals surface area (Å²) in [6.07, 6.45) is 2.22. The zero-order chi connectivity index (χ0) is 18.6. The van der Waals surface area contributed by atoms with Crippen molar-refractivity contribution in [2.75, 3.05) is 19.6 Å². The molecule has 0 unspecified atom stereocenters. The van der Waals surface area contributed by atoms with E-state index in [2.05, 4.69) is 42.6 Å². The monoisotopic (exact) mass is 380 g/mol. The molecule has 2 N–H and O–H groups in total. The van der Waals surface area contributed by atoms with E-state index in [-0.39, 0.29) is 5.91 Å². The van der Waals surface area contributed by atoms with E-state index >= 15 is 0 Å². The molecule has 4 nitrogen and oxygen atoms in total. The van der Waals surface area contributed by atoms with Crippen molar-refractivity contribution < 1.29 is 9.69 Å². The molecule has 1 fully saturated rings. The first-order valence-corrected chi connectivity index (χ1v) is 10.5. The number of rotatable bonds is 5. The van der Waals surface area contributed by atoms with Gasteiger partial charge in [0.25, 0.3) is 5.91 Å². The van der Waals surface area contributed by atoms with E-state index in [0.29, 0.717) is 19.0 Å². The lowest BCUT2D eigenvalue weighted by atomic mass is 9.97. The van der Waals surface area contributed by atoms with Crippen LogP contribution in [0.4, 0.5) is 0 Å². The number of carbonyl (C=O) groups is 1. The van der Waals surface area contributed by atoms with Gasteiger partial charge in [-0.2, -0.15) is 0 Å². The van der Waals surface area contributed by atoms with Crippen molar-refractivity contribution in [3.05, 3.63) is 64.7 Å². The Balaban J connectivity index is 1.26. The summed E-state index contributed by atoms with van der Waals surface area (Å²) in [6, 6.07) is 16.6. The molecule has 27 heavy (non-hydrogen) atoms. The Kier molecular flexibility index (Phi) is 5.50. The smallest absolute Gasteiger partial charge is 0.275 e. The summed E-state index contributed by atoms with van der Waals surface area (Å²) < 4.78 is 1.28. The summed E-state index contributed by atoms with van der Waals surface area (Å²) in [5, 5.41) is 4.34. The molecule has 1 amide bonds. The molecule has 0 radical (unpaired) electrons. The number of benzene rings is 2. The number of nitrogens with zero attached hydrogens (tertiary/aromatic N) is 1. The average molecular weight is 381 g/mol. The SMILES string of the molecule is Cc1ccccc1CNC(=O)C[NH+]1CCC(c2nc3ccccc3s2)CC1. The number of piperidine rings is 1. The molecule has 3 aromatic rings. The minimum atomic E-state index is 0.145. The number of quaternary nitrogens is 1. The van der Waals surface area contributed by atoms with Crippen molar-refractivity contribution in [1.29, 1.82) is 0 Å². The van der Waals surface area contributed by atoms with E-state index in [0.717, 1.165) is 31.4 Å². The Hall–Kier alpha value is -2.24. The largest absolute Gasteiger partial charge is 0.347 e. The van der Waals surface area contributed by atoms with Gasteiger partial charge in [-0.25, -0.2) is 4.98 Å². The molecule has 5 heteroatoms. The maximum absolute atomic E-state index is 12.3. The predicted octanol–water partition coefficient (Wildman–Crippen LogP) is 2.68. The van der Waals surface area contributed by atoms with Gasteiger partial charge >= 0.3 is 0 Å². The van der Waals surface area contributed by atoms with Crippen LogP contribution in [0.25, 0.3) is 10.2 Å². The van der Waals surface area contributed by atoms with Crippen LogP contribution >= 0.6 is 11.3 Å². The van der Waals surface area contributed by atoms with Crippen LogP contribution in [-0.4, -0.2) is 30.5 Å². The minimum absolute atomic E-state index is 0.145. The molecular weight excluding hydrogens is 354 g/mol. The summed E-state index contributed by atoms with van der Waals surface area (Å²) >= 11 is 1.83. The number of carbonyl (C=O) groups excluding carboxylic acids is 1. The van der Waals surface area contributed by atoms with Crippen LogP contribution in [0.5, 0.6) is 0 Å². The number of likely N-dealkylation sites (tertiary alicyclic amines) is 1. The molecule has 0 bridgehead atoms. The van der Waals surface area contributed by atoms with E-state index in [1.54, 1.807) is 0 Å². The van der Waals surface area contributed by atoms with E-state index in [1.807, 2.05) is 29.5 Å². The third-order valence-electron chi connectivity index (χ3n) is 5.50. The maximum Gasteiger partial charge on any atom is 0.275 e. The molecule has 2 heterocycles. The minimum Gasteiger partial charge on any atom is -0.347 e. The van der Waals surface area contributed by atoms with Gasteiger partial charge in [-0.05, 0) is 30.2 Å². The third kappa shape index (κ3) is 4.37. The second-order valence-corrected chi connectivity index (χ2v) is 8.49. The van der Waals surface area contributed by atoms with Gasteiger partial charge in [0.05, 0.1) is 28.3 Å². The fourth-order valence-corrected chi connectivity index (χ4v) is 4.94. The Morgan fingerprint density at radius 2 is 1.89 bits per heavy atom. The summed E-state index contributed by atoms with van der Waals surface area (Å²) in [6.45, 7) is 5.35. The van der Waals surface area contributed by atoms with Crippen LogP contribution in [0.1, 0.15) is 34.9 Å². The molecule has 1 aromatic heterocycles. The molecule has 140 valence electrons. The molecule has 0 atom stereocenters. The second kappa shape index (κ2) is 8.19. The van der Waals surface area contributed by atoms with Crippen LogP contribution in [0.15, 0.2) is 48.5 Å². The third-order valence-corrected chi connectivity index (χ3v) is 6.70. The first kappa shape index (κ1) is 18.1. The molecule has 1 aliphatic heterocycles. The quantitative estimate of drug-likeness (QED) is 0.715. The number of fused-ring (bicyclic) bond motifs is 1. The van der Waals surface area contributed by atoms with Crippen molar-refractivity contribution in [2.45, 2.75) is 32.2 Å². The van der Waals surface area contributed by atoms with E-state index in [4.69, 9.17) is 4.98 Å². The maximum atomic E-state index is 12.3. The second-order valence-electron chi connectivity index (χ2n) is 7.42. The fraction of sp³-hybridized carbons (Fsp3) is 0.364. The number of aromatic nitrogens is 1. The standard InChI is InChI=1S/C22H25N3OS/c1-16-6-2-3-7-18(16)14-23-21(26)15-25-12-10-17(11-13-25)22-24-19-8-4-5-9-20(19)27-22/h2-9,17H,10-15H2,1H3,(H,23,26)/p+1. The molecule has 1 saturated heterocycles. The van der Waals surface area contributed by atoms with Crippen LogP contribution < -0.4 is 10.2 Å². The summed E-state index contributed by atoms with van der Waals surface area (Å²) in [5.74, 6) is 0.688. The fourth-order valence-electron chi connectivity index (χ4n) is 3.81. The van der Waals surface area contributed by atoms with Gasteiger partial charge in [0.2, 0.25) is 0 Å². The van der Waals surface area contributed by atoms with Crippen LogP contribution in [0.2, 0.25) is 0 Å². The number of para-hydroxylation sites is 1. The topological polar surface area (TPSA) is 46.4 Å². The zero-order valence-electron chi connectivity index (χ0n) is 15.7. The lowest BCUT2D eigenvalue weighted by Gasteiger charge is -2.27. The highest BCUT2D eigenvalue weighted by molar-refractivity contribution is 7.18. The van der Waals surface area contributed by atoms with Gasteiger partial charge in [0.1, 0.15) is 0 Å². The lowest BCUT2D eigenvalue weighted by molar-refractivity contribution is -0.897. The van der Waals surface area contributed by atoms with Gasteiger partial charge in [0, 0.05) is 25.3 Å². The Morgan fingerprint density at radius 3 is 2.67 bits per heavy atom. The number of hydrogen-bond donors (Lipinski definition) is 2. The van der Waals surface area contributed by atoms with Gasteiger partial charge < -0.3 is 10.2 Å². The highest BCUT2D eigenvalue weighted by Crippen LogP contribution is 2.31. The van der Waals surface area contributed by atoms with Gasteiger partial charge in [-0.15, -0.1) is 11.3 Å². The van der Waals surface area contributed by atoms with Gasteiger partial charge in [-0.3, -0.25) is 4.79 Å². The molecule has 0 aliphatic carbocycles. The first-order chi connectivity index (χ1) is 13.2. The number of aryl methyl sites for hydroxylation is 1. The lowest BCUT2D eigenvalue weighted by Crippen LogP contribution is -3.14. The highest BCUT2D eigenvalue weighted by Gasteiger charge is 2.27. The summed E-state index contributed by atoms with van der Waals surface area (Å²) in [4.78, 5) is 18.5. The van der Waals surface area contributed by atoms with Gasteiger partial charge in [0.15, 0.2) is 6.54 Å². The predicted molar refractivity (Wildman–Crippen MR) is 110 cm³/mol. The number of hydrogen-bond acceptors (Lipinski definition) is 3. The van der Waals surface area contributed by atoms with Crippen LogP contribution in [0, 0.1) is 6.92 Å². The number of thiazole rings is 1. The van der Waals surface area contributed by atoms with Gasteiger partial charge in [-0.1, -0.05) is 36.4 Å².